The molecule has 0 aliphatic carbocycles. The molecule has 136 valence electrons. The first kappa shape index (κ1) is 15.9. The molecule has 0 atom stereocenters. The zero-order valence-electron chi connectivity index (χ0n) is 15.0. The summed E-state index contributed by atoms with van der Waals surface area (Å²) in [5.74, 6) is 0.609. The summed E-state index contributed by atoms with van der Waals surface area (Å²) in [7, 11) is 1.61. The number of hydrogen-bond acceptors (Lipinski definition) is 3. The second-order valence-electron chi connectivity index (χ2n) is 6.96. The molecule has 0 saturated carbocycles. The van der Waals surface area contributed by atoms with Crippen molar-refractivity contribution in [3.63, 3.8) is 0 Å². The Kier molecular flexibility index (Phi) is 3.44. The maximum absolute atomic E-state index is 10.6. The number of para-hydroxylation sites is 1. The maximum atomic E-state index is 10.6. The average molecular weight is 360 g/mol. The maximum Gasteiger partial charge on any atom is 0.200 e. The van der Waals surface area contributed by atoms with E-state index in [1.54, 1.807) is 7.11 Å². The van der Waals surface area contributed by atoms with Crippen LogP contribution in [0.5, 0.6) is 17.5 Å². The van der Waals surface area contributed by atoms with Gasteiger partial charge < -0.3 is 19.5 Å². The summed E-state index contributed by atoms with van der Waals surface area (Å²) in [6.45, 7) is 0.958. The molecule has 0 fully saturated rings. The molecule has 5 nitrogen and oxygen atoms in total. The van der Waals surface area contributed by atoms with Crippen LogP contribution in [0.2, 0.25) is 0 Å². The van der Waals surface area contributed by atoms with E-state index in [0.29, 0.717) is 16.9 Å². The molecule has 3 heterocycles. The number of aryl methyl sites for hydroxylation is 2. The van der Waals surface area contributed by atoms with E-state index >= 15 is 0 Å². The van der Waals surface area contributed by atoms with Crippen LogP contribution in [0.4, 0.5) is 0 Å². The van der Waals surface area contributed by atoms with Gasteiger partial charge in [-0.2, -0.15) is 0 Å². The Hall–Kier alpha value is -3.34. The lowest BCUT2D eigenvalue weighted by molar-refractivity contribution is 0.415. The Morgan fingerprint density at radius 3 is 2.70 bits per heavy atom. The highest BCUT2D eigenvalue weighted by atomic mass is 16.5. The van der Waals surface area contributed by atoms with Crippen LogP contribution in [0, 0.1) is 0 Å². The van der Waals surface area contributed by atoms with Crippen molar-refractivity contribution in [1.29, 1.82) is 0 Å². The normalized spacial score (nSPS) is 13.2. The number of ether oxygens (including phenoxy) is 1. The molecule has 0 saturated heterocycles. The first-order valence-electron chi connectivity index (χ1n) is 9.07. The fourth-order valence-electron chi connectivity index (χ4n) is 4.25. The van der Waals surface area contributed by atoms with Gasteiger partial charge in [-0.05, 0) is 36.1 Å². The van der Waals surface area contributed by atoms with Gasteiger partial charge in [-0.15, -0.1) is 0 Å². The fraction of sp³-hybridized carbons (Fsp3) is 0.182. The van der Waals surface area contributed by atoms with Gasteiger partial charge in [0.25, 0.3) is 0 Å². The molecular weight excluding hydrogens is 340 g/mol. The van der Waals surface area contributed by atoms with Gasteiger partial charge in [-0.3, -0.25) is 4.98 Å². The lowest BCUT2D eigenvalue weighted by atomic mass is 9.96. The molecule has 0 amide bonds. The number of nitrogens with zero attached hydrogens (tertiary/aromatic N) is 1. The molecule has 2 aromatic carbocycles. The number of aromatic nitrogens is 2. The van der Waals surface area contributed by atoms with Crippen molar-refractivity contribution in [2.24, 2.45) is 0 Å². The van der Waals surface area contributed by atoms with Crippen molar-refractivity contribution in [2.75, 3.05) is 7.11 Å². The predicted molar refractivity (Wildman–Crippen MR) is 105 cm³/mol. The number of benzene rings is 2. The molecule has 1 aliphatic heterocycles. The van der Waals surface area contributed by atoms with Gasteiger partial charge >= 0.3 is 0 Å². The third kappa shape index (κ3) is 2.31. The van der Waals surface area contributed by atoms with Gasteiger partial charge in [0, 0.05) is 23.7 Å². The van der Waals surface area contributed by atoms with Crippen LogP contribution < -0.4 is 4.74 Å². The second kappa shape index (κ2) is 5.84. The van der Waals surface area contributed by atoms with Crippen LogP contribution in [-0.2, 0) is 13.0 Å². The van der Waals surface area contributed by atoms with Crippen LogP contribution in [-0.4, -0.2) is 26.9 Å². The first-order chi connectivity index (χ1) is 13.2. The van der Waals surface area contributed by atoms with Crippen molar-refractivity contribution in [2.45, 2.75) is 19.4 Å². The number of H-pyrrole nitrogens is 1. The SMILES string of the molecule is COc1cccc(-c2c(O)[nH]c(O)c2-c2cn3c4c(cccc24)CCC3)c1. The minimum absolute atomic E-state index is 0.0333. The van der Waals surface area contributed by atoms with Gasteiger partial charge in [0.15, 0.2) is 11.8 Å². The topological polar surface area (TPSA) is 70.4 Å². The van der Waals surface area contributed by atoms with Gasteiger partial charge in [0.05, 0.1) is 23.8 Å². The molecule has 0 radical (unpaired) electrons. The standard InChI is InChI=1S/C22H20N2O3/c1-27-15-8-2-6-14(11-15)18-19(22(26)23-21(18)25)17-12-24-10-4-7-13-5-3-9-16(17)20(13)24/h2-3,5-6,8-9,11-12,23,25-26H,4,7,10H2,1H3. The summed E-state index contributed by atoms with van der Waals surface area (Å²) in [5, 5.41) is 22.2. The monoisotopic (exact) mass is 360 g/mol. The molecule has 3 N–H and O–H groups in total. The number of rotatable bonds is 3. The van der Waals surface area contributed by atoms with E-state index in [2.05, 4.69) is 33.9 Å². The molecule has 5 rings (SSSR count). The molecule has 1 aliphatic rings. The summed E-state index contributed by atoms with van der Waals surface area (Å²) < 4.78 is 7.58. The molecule has 2 aromatic heterocycles. The molecule has 0 unspecified atom stereocenters. The number of aromatic amines is 1. The molecule has 0 spiro atoms. The van der Waals surface area contributed by atoms with E-state index in [0.717, 1.165) is 35.9 Å². The zero-order chi connectivity index (χ0) is 18.5. The van der Waals surface area contributed by atoms with Gasteiger partial charge in [0.2, 0.25) is 0 Å². The summed E-state index contributed by atoms with van der Waals surface area (Å²) in [5.41, 5.74) is 5.44. The number of hydrogen-bond donors (Lipinski definition) is 3. The van der Waals surface area contributed by atoms with E-state index in [1.807, 2.05) is 24.3 Å². The van der Waals surface area contributed by atoms with Crippen molar-refractivity contribution < 1.29 is 14.9 Å². The molecule has 27 heavy (non-hydrogen) atoms. The first-order valence-corrected chi connectivity index (χ1v) is 9.07. The minimum atomic E-state index is -0.0531. The highest BCUT2D eigenvalue weighted by Crippen LogP contribution is 2.48. The second-order valence-corrected chi connectivity index (χ2v) is 6.96. The van der Waals surface area contributed by atoms with Crippen LogP contribution in [0.15, 0.2) is 48.7 Å². The lowest BCUT2D eigenvalue weighted by Crippen LogP contribution is -2.05. The largest absolute Gasteiger partial charge is 0.497 e. The fourth-order valence-corrected chi connectivity index (χ4v) is 4.25. The third-order valence-electron chi connectivity index (χ3n) is 5.42. The number of methoxy groups -OCH3 is 1. The zero-order valence-corrected chi connectivity index (χ0v) is 15.0. The summed E-state index contributed by atoms with van der Waals surface area (Å²) >= 11 is 0. The third-order valence-corrected chi connectivity index (χ3v) is 5.42. The van der Waals surface area contributed by atoms with Crippen molar-refractivity contribution in [3.05, 3.63) is 54.2 Å². The van der Waals surface area contributed by atoms with Gasteiger partial charge in [0.1, 0.15) is 5.75 Å². The van der Waals surface area contributed by atoms with E-state index in [4.69, 9.17) is 4.74 Å². The lowest BCUT2D eigenvalue weighted by Gasteiger charge is -2.14. The molecule has 0 bridgehead atoms. The highest BCUT2D eigenvalue weighted by molar-refractivity contribution is 6.04. The molecule has 5 heteroatoms. The Bertz CT molecular complexity index is 1170. The predicted octanol–water partition coefficient (Wildman–Crippen LogP) is 4.67. The Balaban J connectivity index is 1.81. The Labute approximate surface area is 156 Å². The Morgan fingerprint density at radius 2 is 1.85 bits per heavy atom. The van der Waals surface area contributed by atoms with Crippen LogP contribution in [0.3, 0.4) is 0 Å². The van der Waals surface area contributed by atoms with E-state index in [9.17, 15) is 10.2 Å². The molecular formula is C22H20N2O3. The van der Waals surface area contributed by atoms with Crippen molar-refractivity contribution in [1.82, 2.24) is 9.55 Å². The van der Waals surface area contributed by atoms with E-state index in [1.165, 1.54) is 11.1 Å². The number of nitrogens with one attached hydrogen (secondary N) is 1. The summed E-state index contributed by atoms with van der Waals surface area (Å²) in [6.07, 6.45) is 4.25. The van der Waals surface area contributed by atoms with Crippen LogP contribution in [0.25, 0.3) is 33.2 Å². The quantitative estimate of drug-likeness (QED) is 0.497. The van der Waals surface area contributed by atoms with Gasteiger partial charge in [-0.1, -0.05) is 30.3 Å². The summed E-state index contributed by atoms with van der Waals surface area (Å²) in [4.78, 5) is 2.69. The smallest absolute Gasteiger partial charge is 0.200 e. The van der Waals surface area contributed by atoms with Crippen molar-refractivity contribution in [3.8, 4) is 39.8 Å². The van der Waals surface area contributed by atoms with Crippen molar-refractivity contribution >= 4 is 10.9 Å². The molecule has 4 aromatic rings. The summed E-state index contributed by atoms with van der Waals surface area (Å²) in [6, 6.07) is 13.8. The Morgan fingerprint density at radius 1 is 1.04 bits per heavy atom. The minimum Gasteiger partial charge on any atom is -0.497 e. The average Bonchev–Trinajstić information content (AvgIpc) is 3.20. The van der Waals surface area contributed by atoms with Crippen LogP contribution in [0.1, 0.15) is 12.0 Å². The van der Waals surface area contributed by atoms with E-state index in [-0.39, 0.29) is 11.8 Å². The van der Waals surface area contributed by atoms with Crippen LogP contribution >= 0.6 is 0 Å². The number of aromatic hydroxyl groups is 2. The van der Waals surface area contributed by atoms with Gasteiger partial charge in [-0.25, -0.2) is 0 Å². The highest BCUT2D eigenvalue weighted by Gasteiger charge is 2.25. The van der Waals surface area contributed by atoms with E-state index < -0.39 is 0 Å².